The first-order valence-electron chi connectivity index (χ1n) is 7.83. The van der Waals surface area contributed by atoms with Gasteiger partial charge in [-0.15, -0.1) is 0 Å². The highest BCUT2D eigenvalue weighted by Gasteiger charge is 2.12. The van der Waals surface area contributed by atoms with E-state index in [9.17, 15) is 4.79 Å². The number of benzene rings is 2. The molecule has 0 fully saturated rings. The molecule has 0 aliphatic carbocycles. The van der Waals surface area contributed by atoms with Gasteiger partial charge in [0.2, 0.25) is 5.91 Å². The molecule has 1 aromatic heterocycles. The van der Waals surface area contributed by atoms with Gasteiger partial charge in [0.1, 0.15) is 0 Å². The maximum atomic E-state index is 12.3. The fourth-order valence-corrected chi connectivity index (χ4v) is 2.74. The van der Waals surface area contributed by atoms with Gasteiger partial charge < -0.3 is 5.32 Å². The zero-order chi connectivity index (χ0) is 16.2. The normalized spacial score (nSPS) is 12.1. The van der Waals surface area contributed by atoms with Gasteiger partial charge in [0.05, 0.1) is 5.52 Å². The summed E-state index contributed by atoms with van der Waals surface area (Å²) in [6, 6.07) is 18.0. The monoisotopic (exact) mass is 304 g/mol. The minimum atomic E-state index is 0.0299. The number of aromatic nitrogens is 1. The molecule has 1 amide bonds. The van der Waals surface area contributed by atoms with Gasteiger partial charge in [-0.2, -0.15) is 0 Å². The molecule has 3 rings (SSSR count). The van der Waals surface area contributed by atoms with E-state index >= 15 is 0 Å². The fourth-order valence-electron chi connectivity index (χ4n) is 2.74. The van der Waals surface area contributed by atoms with E-state index in [0.717, 1.165) is 16.6 Å². The van der Waals surface area contributed by atoms with Crippen molar-refractivity contribution in [3.05, 3.63) is 71.9 Å². The molecule has 0 radical (unpaired) electrons. The van der Waals surface area contributed by atoms with Crippen molar-refractivity contribution in [1.82, 2.24) is 4.98 Å². The van der Waals surface area contributed by atoms with Gasteiger partial charge in [-0.05, 0) is 42.7 Å². The number of amides is 1. The smallest absolute Gasteiger partial charge is 0.224 e. The first kappa shape index (κ1) is 15.2. The van der Waals surface area contributed by atoms with Gasteiger partial charge >= 0.3 is 0 Å². The number of fused-ring (bicyclic) bond motifs is 1. The van der Waals surface area contributed by atoms with E-state index in [1.165, 1.54) is 11.1 Å². The summed E-state index contributed by atoms with van der Waals surface area (Å²) in [5.41, 5.74) is 4.16. The Morgan fingerprint density at radius 2 is 2.00 bits per heavy atom. The highest BCUT2D eigenvalue weighted by molar-refractivity contribution is 5.93. The topological polar surface area (TPSA) is 42.0 Å². The molecule has 1 atom stereocenters. The lowest BCUT2D eigenvalue weighted by Crippen LogP contribution is -2.14. The number of carbonyl (C=O) groups excluding carboxylic acids is 1. The van der Waals surface area contributed by atoms with E-state index < -0.39 is 0 Å². The Hall–Kier alpha value is -2.68. The average Bonchev–Trinajstić information content (AvgIpc) is 2.54. The predicted molar refractivity (Wildman–Crippen MR) is 94.6 cm³/mol. The van der Waals surface area contributed by atoms with E-state index in [1.807, 2.05) is 36.4 Å². The largest absolute Gasteiger partial charge is 0.326 e. The Labute approximate surface area is 136 Å². The summed E-state index contributed by atoms with van der Waals surface area (Å²) in [7, 11) is 0. The third kappa shape index (κ3) is 3.75. The van der Waals surface area contributed by atoms with E-state index in [2.05, 4.69) is 42.3 Å². The van der Waals surface area contributed by atoms with Crippen LogP contribution in [0.3, 0.4) is 0 Å². The first-order chi connectivity index (χ1) is 11.1. The Bertz CT molecular complexity index is 842. The maximum Gasteiger partial charge on any atom is 0.224 e. The van der Waals surface area contributed by atoms with E-state index in [0.29, 0.717) is 6.42 Å². The lowest BCUT2D eigenvalue weighted by Gasteiger charge is -2.13. The van der Waals surface area contributed by atoms with Crippen LogP contribution in [0.25, 0.3) is 10.9 Å². The molecule has 0 spiro atoms. The molecule has 0 aliphatic heterocycles. The molecule has 3 heteroatoms. The van der Waals surface area contributed by atoms with Crippen molar-refractivity contribution in [2.75, 3.05) is 5.32 Å². The summed E-state index contributed by atoms with van der Waals surface area (Å²) in [5, 5.41) is 4.01. The Morgan fingerprint density at radius 1 is 1.13 bits per heavy atom. The molecule has 0 saturated heterocycles. The number of pyridine rings is 1. The van der Waals surface area contributed by atoms with E-state index in [-0.39, 0.29) is 11.8 Å². The molecule has 0 saturated carbocycles. The molecule has 0 aliphatic rings. The molecule has 1 heterocycles. The Kier molecular flexibility index (Phi) is 4.38. The molecular weight excluding hydrogens is 284 g/mol. The SMILES string of the molecule is Cc1cccc(C(C)CC(=O)Nc2ccc3ncccc3c2)c1. The quantitative estimate of drug-likeness (QED) is 0.760. The summed E-state index contributed by atoms with van der Waals surface area (Å²) < 4.78 is 0. The molecular formula is C20H20N2O. The van der Waals surface area contributed by atoms with Crippen LogP contribution in [0.15, 0.2) is 60.8 Å². The van der Waals surface area contributed by atoms with Crippen LogP contribution in [-0.2, 0) is 4.79 Å². The molecule has 3 nitrogen and oxygen atoms in total. The highest BCUT2D eigenvalue weighted by Crippen LogP contribution is 2.22. The van der Waals surface area contributed by atoms with Crippen LogP contribution in [0.1, 0.15) is 30.4 Å². The molecule has 3 aromatic rings. The third-order valence-corrected chi connectivity index (χ3v) is 3.99. The van der Waals surface area contributed by atoms with E-state index in [1.54, 1.807) is 6.20 Å². The Balaban J connectivity index is 1.68. The van der Waals surface area contributed by atoms with Crippen molar-refractivity contribution in [3.8, 4) is 0 Å². The van der Waals surface area contributed by atoms with Crippen molar-refractivity contribution < 1.29 is 4.79 Å². The summed E-state index contributed by atoms with van der Waals surface area (Å²) in [4.78, 5) is 16.6. The second-order valence-corrected chi connectivity index (χ2v) is 5.98. The average molecular weight is 304 g/mol. The zero-order valence-electron chi connectivity index (χ0n) is 13.4. The van der Waals surface area contributed by atoms with Crippen LogP contribution < -0.4 is 5.32 Å². The van der Waals surface area contributed by atoms with Gasteiger partial charge in [-0.25, -0.2) is 0 Å². The summed E-state index contributed by atoms with van der Waals surface area (Å²) in [5.74, 6) is 0.222. The summed E-state index contributed by atoms with van der Waals surface area (Å²) >= 11 is 0. The third-order valence-electron chi connectivity index (χ3n) is 3.99. The molecule has 23 heavy (non-hydrogen) atoms. The first-order valence-corrected chi connectivity index (χ1v) is 7.83. The van der Waals surface area contributed by atoms with Crippen LogP contribution >= 0.6 is 0 Å². The predicted octanol–water partition coefficient (Wildman–Crippen LogP) is 4.68. The van der Waals surface area contributed by atoms with Gasteiger partial charge in [-0.3, -0.25) is 9.78 Å². The molecule has 1 unspecified atom stereocenters. The van der Waals surface area contributed by atoms with E-state index in [4.69, 9.17) is 0 Å². The number of nitrogens with one attached hydrogen (secondary N) is 1. The van der Waals surface area contributed by atoms with Gasteiger partial charge in [0.25, 0.3) is 0 Å². The number of aryl methyl sites for hydroxylation is 1. The number of hydrogen-bond donors (Lipinski definition) is 1. The lowest BCUT2D eigenvalue weighted by atomic mass is 9.96. The van der Waals surface area contributed by atoms with Crippen molar-refractivity contribution in [2.45, 2.75) is 26.2 Å². The number of hydrogen-bond acceptors (Lipinski definition) is 2. The molecule has 0 bridgehead atoms. The van der Waals surface area contributed by atoms with Crippen molar-refractivity contribution in [3.63, 3.8) is 0 Å². The van der Waals surface area contributed by atoms with Crippen LogP contribution in [-0.4, -0.2) is 10.9 Å². The Morgan fingerprint density at radius 3 is 2.83 bits per heavy atom. The summed E-state index contributed by atoms with van der Waals surface area (Å²) in [6.07, 6.45) is 2.23. The van der Waals surface area contributed by atoms with Gasteiger partial charge in [0, 0.05) is 23.7 Å². The standard InChI is InChI=1S/C20H20N2O/c1-14-5-3-6-16(11-14)15(2)12-20(23)22-18-8-9-19-17(13-18)7-4-10-21-19/h3-11,13,15H,12H2,1-2H3,(H,22,23). The lowest BCUT2D eigenvalue weighted by molar-refractivity contribution is -0.116. The number of nitrogens with zero attached hydrogens (tertiary/aromatic N) is 1. The molecule has 1 N–H and O–H groups in total. The number of anilines is 1. The second kappa shape index (κ2) is 6.61. The van der Waals surface area contributed by atoms with Crippen LogP contribution in [0.5, 0.6) is 0 Å². The minimum Gasteiger partial charge on any atom is -0.326 e. The van der Waals surface area contributed by atoms with Crippen LogP contribution in [0.4, 0.5) is 5.69 Å². The van der Waals surface area contributed by atoms with Crippen molar-refractivity contribution in [2.24, 2.45) is 0 Å². The maximum absolute atomic E-state index is 12.3. The van der Waals surface area contributed by atoms with Gasteiger partial charge in [-0.1, -0.05) is 42.8 Å². The van der Waals surface area contributed by atoms with Crippen molar-refractivity contribution in [1.29, 1.82) is 0 Å². The number of rotatable bonds is 4. The van der Waals surface area contributed by atoms with Gasteiger partial charge in [0.15, 0.2) is 0 Å². The molecule has 2 aromatic carbocycles. The molecule has 116 valence electrons. The fraction of sp³-hybridized carbons (Fsp3) is 0.200. The second-order valence-electron chi connectivity index (χ2n) is 5.98. The summed E-state index contributed by atoms with van der Waals surface area (Å²) in [6.45, 7) is 4.15. The highest BCUT2D eigenvalue weighted by atomic mass is 16.1. The van der Waals surface area contributed by atoms with Crippen molar-refractivity contribution >= 4 is 22.5 Å². The minimum absolute atomic E-state index is 0.0299. The van der Waals surface area contributed by atoms with Crippen LogP contribution in [0.2, 0.25) is 0 Å². The zero-order valence-corrected chi connectivity index (χ0v) is 13.4. The van der Waals surface area contributed by atoms with Crippen LogP contribution in [0, 0.1) is 6.92 Å². The number of carbonyl (C=O) groups is 1.